The van der Waals surface area contributed by atoms with E-state index in [9.17, 15) is 0 Å². The number of benzene rings is 1. The van der Waals surface area contributed by atoms with Crippen LogP contribution in [0.2, 0.25) is 0 Å². The molecule has 5 nitrogen and oxygen atoms in total. The van der Waals surface area contributed by atoms with Crippen LogP contribution in [0.4, 0.5) is 0 Å². The molecule has 5 heteroatoms. The van der Waals surface area contributed by atoms with Crippen LogP contribution in [0, 0.1) is 0 Å². The minimum absolute atomic E-state index is 0.0936. The Bertz CT molecular complexity index is 693. The van der Waals surface area contributed by atoms with Crippen LogP contribution >= 0.6 is 0 Å². The summed E-state index contributed by atoms with van der Waals surface area (Å²) in [7, 11) is 0. The maximum absolute atomic E-state index is 6.05. The summed E-state index contributed by atoms with van der Waals surface area (Å²) in [6, 6.07) is 11.8. The summed E-state index contributed by atoms with van der Waals surface area (Å²) >= 11 is 0. The average molecular weight is 369 g/mol. The van der Waals surface area contributed by atoms with Crippen LogP contribution in [0.5, 0.6) is 0 Å². The predicted molar refractivity (Wildman–Crippen MR) is 108 cm³/mol. The highest BCUT2D eigenvalue weighted by molar-refractivity contribution is 5.15. The van der Waals surface area contributed by atoms with Crippen LogP contribution in [-0.2, 0) is 17.7 Å². The van der Waals surface area contributed by atoms with Gasteiger partial charge in [0, 0.05) is 44.2 Å². The molecule has 4 rings (SSSR count). The van der Waals surface area contributed by atoms with Gasteiger partial charge < -0.3 is 19.5 Å². The second-order valence-electron chi connectivity index (χ2n) is 7.78. The van der Waals surface area contributed by atoms with E-state index in [0.29, 0.717) is 12.1 Å². The molecule has 3 heterocycles. The van der Waals surface area contributed by atoms with Crippen LogP contribution < -0.4 is 5.32 Å². The van der Waals surface area contributed by atoms with E-state index in [1.54, 1.807) is 0 Å². The van der Waals surface area contributed by atoms with Crippen molar-refractivity contribution in [1.29, 1.82) is 0 Å². The molecule has 27 heavy (non-hydrogen) atoms. The van der Waals surface area contributed by atoms with E-state index in [1.807, 2.05) is 6.20 Å². The van der Waals surface area contributed by atoms with Crippen molar-refractivity contribution < 1.29 is 4.74 Å². The molecule has 2 aliphatic rings. The Hall–Kier alpha value is -1.69. The number of hydrogen-bond acceptors (Lipinski definition) is 4. The van der Waals surface area contributed by atoms with Crippen LogP contribution in [0.3, 0.4) is 0 Å². The largest absolute Gasteiger partial charge is 0.369 e. The summed E-state index contributed by atoms with van der Waals surface area (Å²) in [5.41, 5.74) is 1.44. The number of imidazole rings is 1. The standard InChI is InChI=1S/C22H32N4O/c1-2-26-16-12-23-22(26)21-20(11-17-27-21)24-19-9-14-25(15-10-19)13-8-18-6-4-3-5-7-18/h3-7,12,16,19-21,24H,2,8-11,13-15,17H2,1H3/t20-,21-/m0/s1. The van der Waals surface area contributed by atoms with E-state index < -0.39 is 0 Å². The van der Waals surface area contributed by atoms with Crippen molar-refractivity contribution in [3.63, 3.8) is 0 Å². The Kier molecular flexibility index (Phi) is 6.22. The molecule has 1 aromatic carbocycles. The zero-order valence-electron chi connectivity index (χ0n) is 16.4. The molecule has 1 N–H and O–H groups in total. The zero-order chi connectivity index (χ0) is 18.5. The van der Waals surface area contributed by atoms with E-state index in [1.165, 1.54) is 38.0 Å². The first-order valence-corrected chi connectivity index (χ1v) is 10.5. The van der Waals surface area contributed by atoms with Crippen LogP contribution in [-0.4, -0.2) is 52.8 Å². The zero-order valence-corrected chi connectivity index (χ0v) is 16.4. The summed E-state index contributed by atoms with van der Waals surface area (Å²) in [5.74, 6) is 1.08. The third-order valence-electron chi connectivity index (χ3n) is 6.03. The lowest BCUT2D eigenvalue weighted by atomic mass is 10.0. The molecule has 0 saturated carbocycles. The topological polar surface area (TPSA) is 42.3 Å². The molecular formula is C22H32N4O. The number of rotatable bonds is 7. The molecule has 2 atom stereocenters. The second-order valence-corrected chi connectivity index (χ2v) is 7.78. The SMILES string of the molecule is CCn1ccnc1[C@H]1OCC[C@@H]1NC1CCN(CCc2ccccc2)CC1. The third kappa shape index (κ3) is 4.60. The van der Waals surface area contributed by atoms with Crippen LogP contribution in [0.1, 0.15) is 43.7 Å². The number of likely N-dealkylation sites (tertiary alicyclic amines) is 1. The maximum Gasteiger partial charge on any atom is 0.139 e. The van der Waals surface area contributed by atoms with E-state index in [2.05, 4.69) is 63.2 Å². The fourth-order valence-electron chi connectivity index (χ4n) is 4.42. The van der Waals surface area contributed by atoms with Gasteiger partial charge in [-0.25, -0.2) is 4.98 Å². The van der Waals surface area contributed by atoms with Gasteiger partial charge >= 0.3 is 0 Å². The molecule has 0 spiro atoms. The fraction of sp³-hybridized carbons (Fsp3) is 0.591. The Balaban J connectivity index is 1.25. The highest BCUT2D eigenvalue weighted by Crippen LogP contribution is 2.29. The van der Waals surface area contributed by atoms with Crippen molar-refractivity contribution in [3.05, 3.63) is 54.1 Å². The predicted octanol–water partition coefficient (Wildman–Crippen LogP) is 3.03. The molecule has 0 aliphatic carbocycles. The minimum atomic E-state index is 0.0936. The molecular weight excluding hydrogens is 336 g/mol. The number of piperidine rings is 1. The summed E-state index contributed by atoms with van der Waals surface area (Å²) in [5, 5.41) is 3.90. The number of aryl methyl sites for hydroxylation is 1. The van der Waals surface area contributed by atoms with Gasteiger partial charge in [-0.2, -0.15) is 0 Å². The Morgan fingerprint density at radius 2 is 1.96 bits per heavy atom. The quantitative estimate of drug-likeness (QED) is 0.816. The first-order valence-electron chi connectivity index (χ1n) is 10.5. The Morgan fingerprint density at radius 3 is 2.74 bits per heavy atom. The van der Waals surface area contributed by atoms with Gasteiger partial charge in [-0.05, 0) is 51.3 Å². The molecule has 2 saturated heterocycles. The smallest absolute Gasteiger partial charge is 0.139 e. The molecule has 0 radical (unpaired) electrons. The van der Waals surface area contributed by atoms with Crippen molar-refractivity contribution in [2.45, 2.75) is 57.3 Å². The van der Waals surface area contributed by atoms with Crippen molar-refractivity contribution in [2.75, 3.05) is 26.2 Å². The second kappa shape index (κ2) is 9.00. The van der Waals surface area contributed by atoms with Gasteiger partial charge in [0.25, 0.3) is 0 Å². The molecule has 2 aromatic rings. The summed E-state index contributed by atoms with van der Waals surface area (Å²) in [6.45, 7) is 7.47. The van der Waals surface area contributed by atoms with Crippen molar-refractivity contribution >= 4 is 0 Å². The number of aromatic nitrogens is 2. The normalized spacial score (nSPS) is 24.5. The van der Waals surface area contributed by atoms with Crippen LogP contribution in [0.25, 0.3) is 0 Å². The van der Waals surface area contributed by atoms with Gasteiger partial charge in [0.05, 0.1) is 0 Å². The van der Waals surface area contributed by atoms with Gasteiger partial charge in [-0.1, -0.05) is 30.3 Å². The number of ether oxygens (including phenoxy) is 1. The summed E-state index contributed by atoms with van der Waals surface area (Å²) < 4.78 is 8.25. The lowest BCUT2D eigenvalue weighted by molar-refractivity contribution is 0.0829. The highest BCUT2D eigenvalue weighted by atomic mass is 16.5. The van der Waals surface area contributed by atoms with Crippen molar-refractivity contribution in [2.24, 2.45) is 0 Å². The Labute approximate surface area is 162 Å². The van der Waals surface area contributed by atoms with Gasteiger partial charge in [0.2, 0.25) is 0 Å². The molecule has 1 aromatic heterocycles. The van der Waals surface area contributed by atoms with Crippen molar-refractivity contribution in [1.82, 2.24) is 19.8 Å². The van der Waals surface area contributed by atoms with E-state index in [-0.39, 0.29) is 6.10 Å². The van der Waals surface area contributed by atoms with Crippen LogP contribution in [0.15, 0.2) is 42.7 Å². The molecule has 0 amide bonds. The molecule has 2 aliphatic heterocycles. The van der Waals surface area contributed by atoms with E-state index >= 15 is 0 Å². The lowest BCUT2D eigenvalue weighted by Crippen LogP contribution is -2.47. The van der Waals surface area contributed by atoms with Gasteiger partial charge in [-0.3, -0.25) is 0 Å². The van der Waals surface area contributed by atoms with Gasteiger partial charge in [0.1, 0.15) is 11.9 Å². The third-order valence-corrected chi connectivity index (χ3v) is 6.03. The molecule has 2 fully saturated rings. The van der Waals surface area contributed by atoms with Gasteiger partial charge in [0.15, 0.2) is 0 Å². The van der Waals surface area contributed by atoms with Gasteiger partial charge in [-0.15, -0.1) is 0 Å². The van der Waals surface area contributed by atoms with E-state index in [4.69, 9.17) is 4.74 Å². The fourth-order valence-corrected chi connectivity index (χ4v) is 4.42. The summed E-state index contributed by atoms with van der Waals surface area (Å²) in [6.07, 6.45) is 8.71. The highest BCUT2D eigenvalue weighted by Gasteiger charge is 2.34. The monoisotopic (exact) mass is 368 g/mol. The minimum Gasteiger partial charge on any atom is -0.369 e. The van der Waals surface area contributed by atoms with E-state index in [0.717, 1.165) is 31.8 Å². The van der Waals surface area contributed by atoms with Crippen molar-refractivity contribution in [3.8, 4) is 0 Å². The number of nitrogens with zero attached hydrogens (tertiary/aromatic N) is 3. The molecule has 146 valence electrons. The molecule has 0 unspecified atom stereocenters. The first kappa shape index (κ1) is 18.7. The number of hydrogen-bond donors (Lipinski definition) is 1. The average Bonchev–Trinajstić information content (AvgIpc) is 3.37. The first-order chi connectivity index (χ1) is 13.3. The molecule has 0 bridgehead atoms. The summed E-state index contributed by atoms with van der Waals surface area (Å²) in [4.78, 5) is 7.18. The lowest BCUT2D eigenvalue weighted by Gasteiger charge is -2.34. The maximum atomic E-state index is 6.05. The Morgan fingerprint density at radius 1 is 1.15 bits per heavy atom. The number of nitrogens with one attached hydrogen (secondary N) is 1.